The first kappa shape index (κ1) is 9.48. The number of aromatic nitrogens is 2. The first-order valence-corrected chi connectivity index (χ1v) is 4.93. The maximum atomic E-state index is 5.86. The monoisotopic (exact) mass is 272 g/mol. The van der Waals surface area contributed by atoms with Gasteiger partial charge in [-0.25, -0.2) is 4.98 Å². The second-order valence-electron chi connectivity index (χ2n) is 2.75. The number of benzene rings is 1. The third-order valence-corrected chi connectivity index (χ3v) is 2.59. The molecule has 0 saturated heterocycles. The molecule has 4 nitrogen and oxygen atoms in total. The lowest BCUT2D eigenvalue weighted by Gasteiger charge is -2.04. The highest BCUT2D eigenvalue weighted by atomic mass is 79.9. The van der Waals surface area contributed by atoms with Crippen LogP contribution in [0, 0.1) is 0 Å². The summed E-state index contributed by atoms with van der Waals surface area (Å²) in [4.78, 5) is 7.91. The van der Waals surface area contributed by atoms with Gasteiger partial charge in [0, 0.05) is 14.9 Å². The average Bonchev–Trinajstić information content (AvgIpc) is 2.07. The smallest absolute Gasteiger partial charge is 0.222 e. The topological polar surface area (TPSA) is 77.8 Å². The molecule has 72 valence electrons. The van der Waals surface area contributed by atoms with Gasteiger partial charge in [-0.3, -0.25) is 0 Å². The van der Waals surface area contributed by atoms with E-state index >= 15 is 0 Å². The summed E-state index contributed by atoms with van der Waals surface area (Å²) in [5.41, 5.74) is 11.8. The standard InChI is InChI=1S/C8H6BrClN4/c9-5-2-3(10)1-4-6(5)13-8(12)14-7(4)11/h1-2H,(H4,11,12,13,14). The second-order valence-corrected chi connectivity index (χ2v) is 4.04. The van der Waals surface area contributed by atoms with Crippen LogP contribution < -0.4 is 11.5 Å². The quantitative estimate of drug-likeness (QED) is 0.771. The van der Waals surface area contributed by atoms with Crippen molar-refractivity contribution in [2.24, 2.45) is 0 Å². The van der Waals surface area contributed by atoms with Gasteiger partial charge >= 0.3 is 0 Å². The van der Waals surface area contributed by atoms with Gasteiger partial charge in [-0.1, -0.05) is 11.6 Å². The highest BCUT2D eigenvalue weighted by molar-refractivity contribution is 9.10. The van der Waals surface area contributed by atoms with Crippen molar-refractivity contribution in [2.45, 2.75) is 0 Å². The van der Waals surface area contributed by atoms with Gasteiger partial charge in [0.05, 0.1) is 5.52 Å². The summed E-state index contributed by atoms with van der Waals surface area (Å²) < 4.78 is 0.751. The molecule has 0 aliphatic carbocycles. The lowest BCUT2D eigenvalue weighted by molar-refractivity contribution is 1.24. The summed E-state index contributed by atoms with van der Waals surface area (Å²) in [5, 5.41) is 1.27. The zero-order valence-corrected chi connectivity index (χ0v) is 9.30. The summed E-state index contributed by atoms with van der Waals surface area (Å²) in [7, 11) is 0. The van der Waals surface area contributed by atoms with Gasteiger partial charge in [-0.05, 0) is 28.1 Å². The van der Waals surface area contributed by atoms with Crippen LogP contribution in [0.3, 0.4) is 0 Å². The highest BCUT2D eigenvalue weighted by Crippen LogP contribution is 2.29. The van der Waals surface area contributed by atoms with Gasteiger partial charge in [0.25, 0.3) is 0 Å². The Bertz CT molecular complexity index is 467. The molecule has 0 amide bonds. The van der Waals surface area contributed by atoms with Gasteiger partial charge in [0.1, 0.15) is 5.82 Å². The van der Waals surface area contributed by atoms with Crippen LogP contribution in [0.15, 0.2) is 16.6 Å². The van der Waals surface area contributed by atoms with Crippen molar-refractivity contribution < 1.29 is 0 Å². The third-order valence-electron chi connectivity index (χ3n) is 1.77. The van der Waals surface area contributed by atoms with Crippen molar-refractivity contribution in [1.29, 1.82) is 0 Å². The minimum atomic E-state index is 0.151. The molecule has 0 fully saturated rings. The molecule has 0 spiro atoms. The van der Waals surface area contributed by atoms with Crippen LogP contribution in [-0.4, -0.2) is 9.97 Å². The lowest BCUT2D eigenvalue weighted by atomic mass is 10.2. The van der Waals surface area contributed by atoms with Crippen LogP contribution in [-0.2, 0) is 0 Å². The summed E-state index contributed by atoms with van der Waals surface area (Å²) >= 11 is 9.19. The Balaban J connectivity index is 2.94. The molecule has 0 aliphatic heterocycles. The number of anilines is 2. The summed E-state index contributed by atoms with van der Waals surface area (Å²) in [6, 6.07) is 3.44. The van der Waals surface area contributed by atoms with Crippen molar-refractivity contribution >= 4 is 50.2 Å². The minimum Gasteiger partial charge on any atom is -0.383 e. The fraction of sp³-hybridized carbons (Fsp3) is 0. The molecule has 0 radical (unpaired) electrons. The van der Waals surface area contributed by atoms with Crippen LogP contribution >= 0.6 is 27.5 Å². The van der Waals surface area contributed by atoms with Crippen molar-refractivity contribution in [3.63, 3.8) is 0 Å². The third kappa shape index (κ3) is 1.49. The normalized spacial score (nSPS) is 10.7. The van der Waals surface area contributed by atoms with Crippen molar-refractivity contribution in [3.05, 3.63) is 21.6 Å². The molecule has 6 heteroatoms. The van der Waals surface area contributed by atoms with Crippen molar-refractivity contribution in [2.75, 3.05) is 11.5 Å². The summed E-state index contributed by atoms with van der Waals surface area (Å²) in [6.45, 7) is 0. The van der Waals surface area contributed by atoms with E-state index in [0.29, 0.717) is 21.7 Å². The van der Waals surface area contributed by atoms with Crippen LogP contribution in [0.1, 0.15) is 0 Å². The number of nitrogens with two attached hydrogens (primary N) is 2. The molecule has 14 heavy (non-hydrogen) atoms. The van der Waals surface area contributed by atoms with Gasteiger partial charge in [0.2, 0.25) is 5.95 Å². The van der Waals surface area contributed by atoms with Gasteiger partial charge in [-0.15, -0.1) is 0 Å². The van der Waals surface area contributed by atoms with Crippen LogP contribution in [0.2, 0.25) is 5.02 Å². The molecular formula is C8H6BrClN4. The molecule has 0 bridgehead atoms. The van der Waals surface area contributed by atoms with E-state index in [-0.39, 0.29) is 5.95 Å². The van der Waals surface area contributed by atoms with Crippen molar-refractivity contribution in [1.82, 2.24) is 9.97 Å². The van der Waals surface area contributed by atoms with Crippen molar-refractivity contribution in [3.8, 4) is 0 Å². The molecule has 2 rings (SSSR count). The van der Waals surface area contributed by atoms with E-state index in [9.17, 15) is 0 Å². The molecule has 1 aromatic heterocycles. The first-order chi connectivity index (χ1) is 6.58. The predicted octanol–water partition coefficient (Wildman–Crippen LogP) is 2.21. The zero-order chi connectivity index (χ0) is 10.3. The largest absolute Gasteiger partial charge is 0.383 e. The number of halogens is 2. The van der Waals surface area contributed by atoms with E-state index in [2.05, 4.69) is 25.9 Å². The number of hydrogen-bond acceptors (Lipinski definition) is 4. The molecule has 0 unspecified atom stereocenters. The fourth-order valence-corrected chi connectivity index (χ4v) is 2.10. The Morgan fingerprint density at radius 1 is 1.21 bits per heavy atom. The average molecular weight is 274 g/mol. The number of fused-ring (bicyclic) bond motifs is 1. The molecule has 4 N–H and O–H groups in total. The molecule has 2 aromatic rings. The number of nitrogens with zero attached hydrogens (tertiary/aromatic N) is 2. The molecule has 0 aliphatic rings. The van der Waals surface area contributed by atoms with E-state index in [1.54, 1.807) is 12.1 Å². The number of rotatable bonds is 0. The van der Waals surface area contributed by atoms with E-state index < -0.39 is 0 Å². The fourth-order valence-electron chi connectivity index (χ4n) is 1.20. The Morgan fingerprint density at radius 3 is 2.64 bits per heavy atom. The van der Waals surface area contributed by atoms with E-state index in [0.717, 1.165) is 4.47 Å². The zero-order valence-electron chi connectivity index (χ0n) is 6.96. The van der Waals surface area contributed by atoms with Gasteiger partial charge < -0.3 is 11.5 Å². The van der Waals surface area contributed by atoms with Gasteiger partial charge in [-0.2, -0.15) is 4.98 Å². The SMILES string of the molecule is Nc1nc(N)c2cc(Cl)cc(Br)c2n1. The Hall–Kier alpha value is -1.07. The van der Waals surface area contributed by atoms with Crippen LogP contribution in [0.5, 0.6) is 0 Å². The van der Waals surface area contributed by atoms with Gasteiger partial charge in [0.15, 0.2) is 0 Å². The summed E-state index contributed by atoms with van der Waals surface area (Å²) in [5.74, 6) is 0.480. The second kappa shape index (κ2) is 3.25. The van der Waals surface area contributed by atoms with E-state index in [4.69, 9.17) is 23.1 Å². The first-order valence-electron chi connectivity index (χ1n) is 3.75. The van der Waals surface area contributed by atoms with E-state index in [1.165, 1.54) is 0 Å². The number of hydrogen-bond donors (Lipinski definition) is 2. The molecule has 1 aromatic carbocycles. The lowest BCUT2D eigenvalue weighted by Crippen LogP contribution is -2.00. The Morgan fingerprint density at radius 2 is 1.93 bits per heavy atom. The maximum absolute atomic E-state index is 5.86. The Kier molecular flexibility index (Phi) is 2.20. The maximum Gasteiger partial charge on any atom is 0.222 e. The molecular weight excluding hydrogens is 267 g/mol. The van der Waals surface area contributed by atoms with Crippen LogP contribution in [0.25, 0.3) is 10.9 Å². The van der Waals surface area contributed by atoms with E-state index in [1.807, 2.05) is 0 Å². The number of nitrogen functional groups attached to an aromatic ring is 2. The molecule has 0 saturated carbocycles. The molecule has 1 heterocycles. The predicted molar refractivity (Wildman–Crippen MR) is 61.1 cm³/mol. The summed E-state index contributed by atoms with van der Waals surface area (Å²) in [6.07, 6.45) is 0. The Labute approximate surface area is 93.4 Å². The van der Waals surface area contributed by atoms with Crippen LogP contribution in [0.4, 0.5) is 11.8 Å². The highest BCUT2D eigenvalue weighted by Gasteiger charge is 2.07. The molecule has 0 atom stereocenters. The minimum absolute atomic E-state index is 0.151.